The Kier molecular flexibility index (Phi) is 2.89. The Labute approximate surface area is 92.8 Å². The van der Waals surface area contributed by atoms with Gasteiger partial charge in [0.2, 0.25) is 5.88 Å². The van der Waals surface area contributed by atoms with E-state index in [0.717, 1.165) is 0 Å². The van der Waals surface area contributed by atoms with Gasteiger partial charge >= 0.3 is 0 Å². The molecule has 6 nitrogen and oxygen atoms in total. The number of nitro groups is 1. The average Bonchev–Trinajstić information content (AvgIpc) is 3.09. The van der Waals surface area contributed by atoms with Crippen molar-refractivity contribution in [3.05, 3.63) is 22.2 Å². The molecule has 0 aliphatic heterocycles. The highest BCUT2D eigenvalue weighted by molar-refractivity contribution is 5.47. The van der Waals surface area contributed by atoms with Crippen LogP contribution < -0.4 is 10.1 Å². The molecule has 1 fully saturated rings. The number of aromatic nitrogens is 1. The van der Waals surface area contributed by atoms with E-state index in [9.17, 15) is 10.1 Å². The molecule has 1 aliphatic rings. The molecule has 0 amide bonds. The van der Waals surface area contributed by atoms with Crippen molar-refractivity contribution in [2.24, 2.45) is 5.92 Å². The zero-order chi connectivity index (χ0) is 11.5. The number of nitrogens with one attached hydrogen (secondary N) is 1. The van der Waals surface area contributed by atoms with E-state index in [0.29, 0.717) is 24.2 Å². The van der Waals surface area contributed by atoms with Crippen molar-refractivity contribution in [3.8, 4) is 5.88 Å². The molecule has 2 rings (SSSR count). The molecule has 0 spiro atoms. The molecule has 1 N–H and O–H groups in total. The molecular weight excluding hydrogens is 210 g/mol. The molecule has 1 aromatic heterocycles. The topological polar surface area (TPSA) is 77.3 Å². The highest BCUT2D eigenvalue weighted by atomic mass is 16.6. The molecule has 0 radical (unpaired) electrons. The third kappa shape index (κ3) is 2.59. The van der Waals surface area contributed by atoms with Crippen molar-refractivity contribution in [2.45, 2.75) is 12.8 Å². The van der Waals surface area contributed by atoms with Crippen LogP contribution in [0.3, 0.4) is 0 Å². The van der Waals surface area contributed by atoms with Gasteiger partial charge in [0.1, 0.15) is 5.82 Å². The number of pyridine rings is 1. The monoisotopic (exact) mass is 223 g/mol. The van der Waals surface area contributed by atoms with Gasteiger partial charge < -0.3 is 10.1 Å². The van der Waals surface area contributed by atoms with E-state index in [1.54, 1.807) is 7.05 Å². The Morgan fingerprint density at radius 1 is 1.62 bits per heavy atom. The Balaban J connectivity index is 2.14. The van der Waals surface area contributed by atoms with Gasteiger partial charge in [-0.05, 0) is 18.8 Å². The van der Waals surface area contributed by atoms with Crippen LogP contribution in [0.15, 0.2) is 12.1 Å². The maximum Gasteiger partial charge on any atom is 0.278 e. The minimum atomic E-state index is -0.452. The van der Waals surface area contributed by atoms with E-state index in [1.165, 1.54) is 25.0 Å². The Bertz CT molecular complexity index is 404. The summed E-state index contributed by atoms with van der Waals surface area (Å²) < 4.78 is 5.41. The summed E-state index contributed by atoms with van der Waals surface area (Å²) in [6, 6.07) is 2.73. The van der Waals surface area contributed by atoms with E-state index in [4.69, 9.17) is 4.74 Å². The Morgan fingerprint density at radius 2 is 2.38 bits per heavy atom. The maximum absolute atomic E-state index is 10.7. The van der Waals surface area contributed by atoms with Crippen molar-refractivity contribution < 1.29 is 9.66 Å². The number of rotatable bonds is 5. The molecule has 6 heteroatoms. The van der Waals surface area contributed by atoms with Gasteiger partial charge in [0.05, 0.1) is 23.7 Å². The fourth-order valence-corrected chi connectivity index (χ4v) is 1.29. The van der Waals surface area contributed by atoms with Gasteiger partial charge in [-0.25, -0.2) is 0 Å². The maximum atomic E-state index is 10.7. The van der Waals surface area contributed by atoms with Crippen molar-refractivity contribution in [1.29, 1.82) is 0 Å². The second-order valence-electron chi connectivity index (χ2n) is 3.81. The van der Waals surface area contributed by atoms with Gasteiger partial charge in [0, 0.05) is 7.05 Å². The van der Waals surface area contributed by atoms with Crippen LogP contribution in [0.2, 0.25) is 0 Å². The zero-order valence-electron chi connectivity index (χ0n) is 8.97. The van der Waals surface area contributed by atoms with E-state index in [-0.39, 0.29) is 5.69 Å². The van der Waals surface area contributed by atoms with Crippen molar-refractivity contribution in [2.75, 3.05) is 19.0 Å². The Morgan fingerprint density at radius 3 is 2.94 bits per heavy atom. The fraction of sp³-hybridized carbons (Fsp3) is 0.500. The summed E-state index contributed by atoms with van der Waals surface area (Å²) in [6.07, 6.45) is 2.35. The van der Waals surface area contributed by atoms with Crippen LogP contribution in [-0.4, -0.2) is 23.6 Å². The standard InChI is InChI=1S/C10H13N3O3/c1-11-9-4-8(13(14)15)5-10(12-9)16-6-7-2-3-7/h4-5,7H,2-3,6H2,1H3,(H,11,12). The first-order chi connectivity index (χ1) is 7.69. The molecule has 1 aliphatic carbocycles. The van der Waals surface area contributed by atoms with Crippen LogP contribution in [0.5, 0.6) is 5.88 Å². The van der Waals surface area contributed by atoms with Crippen LogP contribution in [0.4, 0.5) is 11.5 Å². The van der Waals surface area contributed by atoms with E-state index in [1.807, 2.05) is 0 Å². The molecule has 0 saturated heterocycles. The number of anilines is 1. The highest BCUT2D eigenvalue weighted by Crippen LogP contribution is 2.30. The first kappa shape index (κ1) is 10.7. The molecule has 0 unspecified atom stereocenters. The lowest BCUT2D eigenvalue weighted by atomic mass is 10.4. The van der Waals surface area contributed by atoms with Gasteiger partial charge in [0.25, 0.3) is 5.69 Å². The van der Waals surface area contributed by atoms with Gasteiger partial charge in [0.15, 0.2) is 0 Å². The normalized spacial score (nSPS) is 14.6. The van der Waals surface area contributed by atoms with Gasteiger partial charge in [-0.3, -0.25) is 10.1 Å². The zero-order valence-corrected chi connectivity index (χ0v) is 8.97. The molecule has 1 saturated carbocycles. The summed E-state index contributed by atoms with van der Waals surface area (Å²) in [7, 11) is 1.66. The molecule has 86 valence electrons. The number of nitrogens with zero attached hydrogens (tertiary/aromatic N) is 2. The summed E-state index contributed by atoms with van der Waals surface area (Å²) in [4.78, 5) is 14.3. The Hall–Kier alpha value is -1.85. The lowest BCUT2D eigenvalue weighted by Crippen LogP contribution is -2.03. The summed E-state index contributed by atoms with van der Waals surface area (Å²) >= 11 is 0. The predicted octanol–water partition coefficient (Wildman–Crippen LogP) is 1.82. The second kappa shape index (κ2) is 4.34. The van der Waals surface area contributed by atoms with Gasteiger partial charge in [-0.15, -0.1) is 0 Å². The van der Waals surface area contributed by atoms with Crippen molar-refractivity contribution in [1.82, 2.24) is 4.98 Å². The van der Waals surface area contributed by atoms with Crippen molar-refractivity contribution >= 4 is 11.5 Å². The van der Waals surface area contributed by atoms with E-state index >= 15 is 0 Å². The van der Waals surface area contributed by atoms with Gasteiger partial charge in [-0.2, -0.15) is 4.98 Å². The summed E-state index contributed by atoms with van der Waals surface area (Å²) in [6.45, 7) is 0.595. The SMILES string of the molecule is CNc1cc([N+](=O)[O-])cc(OCC2CC2)n1. The van der Waals surface area contributed by atoms with E-state index < -0.39 is 4.92 Å². The van der Waals surface area contributed by atoms with Crippen LogP contribution in [0, 0.1) is 16.0 Å². The smallest absolute Gasteiger partial charge is 0.278 e. The van der Waals surface area contributed by atoms with Crippen LogP contribution >= 0.6 is 0 Å². The summed E-state index contributed by atoms with van der Waals surface area (Å²) in [5.74, 6) is 1.35. The van der Waals surface area contributed by atoms with Crippen LogP contribution in [-0.2, 0) is 0 Å². The number of hydrogen-bond acceptors (Lipinski definition) is 5. The van der Waals surface area contributed by atoms with Crippen LogP contribution in [0.1, 0.15) is 12.8 Å². The van der Waals surface area contributed by atoms with Crippen LogP contribution in [0.25, 0.3) is 0 Å². The molecule has 0 atom stereocenters. The first-order valence-electron chi connectivity index (χ1n) is 5.16. The lowest BCUT2D eigenvalue weighted by molar-refractivity contribution is -0.384. The molecule has 1 heterocycles. The quantitative estimate of drug-likeness (QED) is 0.608. The fourth-order valence-electron chi connectivity index (χ4n) is 1.29. The largest absolute Gasteiger partial charge is 0.477 e. The molecular formula is C10H13N3O3. The first-order valence-corrected chi connectivity index (χ1v) is 5.16. The minimum Gasteiger partial charge on any atom is -0.477 e. The summed E-state index contributed by atoms with van der Waals surface area (Å²) in [5, 5.41) is 13.4. The second-order valence-corrected chi connectivity index (χ2v) is 3.81. The average molecular weight is 223 g/mol. The molecule has 0 aromatic carbocycles. The molecule has 1 aromatic rings. The van der Waals surface area contributed by atoms with Crippen molar-refractivity contribution in [3.63, 3.8) is 0 Å². The lowest BCUT2D eigenvalue weighted by Gasteiger charge is -2.06. The number of hydrogen-bond donors (Lipinski definition) is 1. The highest BCUT2D eigenvalue weighted by Gasteiger charge is 2.22. The molecule has 0 bridgehead atoms. The minimum absolute atomic E-state index is 0.00912. The third-order valence-corrected chi connectivity index (χ3v) is 2.42. The number of ether oxygens (including phenoxy) is 1. The summed E-state index contributed by atoms with van der Waals surface area (Å²) in [5.41, 5.74) is -0.00912. The molecule has 16 heavy (non-hydrogen) atoms. The third-order valence-electron chi connectivity index (χ3n) is 2.42. The predicted molar refractivity (Wildman–Crippen MR) is 58.7 cm³/mol. The van der Waals surface area contributed by atoms with E-state index in [2.05, 4.69) is 10.3 Å². The van der Waals surface area contributed by atoms with Gasteiger partial charge in [-0.1, -0.05) is 0 Å².